The predicted octanol–water partition coefficient (Wildman–Crippen LogP) is 4.02. The first-order valence-electron chi connectivity index (χ1n) is 7.43. The highest BCUT2D eigenvalue weighted by molar-refractivity contribution is 5.36. The van der Waals surface area contributed by atoms with E-state index in [0.717, 1.165) is 13.2 Å². The maximum atomic E-state index is 6.00. The number of benzene rings is 1. The molecule has 1 rings (SSSR count). The summed E-state index contributed by atoms with van der Waals surface area (Å²) in [6, 6.07) is 6.81. The van der Waals surface area contributed by atoms with Crippen molar-refractivity contribution in [2.45, 2.75) is 53.7 Å². The largest absolute Gasteiger partial charge is 0.376 e. The van der Waals surface area contributed by atoms with Crippen LogP contribution in [0.3, 0.4) is 0 Å². The lowest BCUT2D eigenvalue weighted by molar-refractivity contribution is 0.00302. The Hall–Kier alpha value is -0.860. The third-order valence-corrected chi connectivity index (χ3v) is 3.75. The zero-order chi connectivity index (χ0) is 14.4. The molecular weight excluding hydrogens is 234 g/mol. The summed E-state index contributed by atoms with van der Waals surface area (Å²) in [5, 5.41) is 3.61. The first-order chi connectivity index (χ1) is 9.02. The van der Waals surface area contributed by atoms with E-state index < -0.39 is 0 Å². The maximum Gasteiger partial charge on any atom is 0.0792 e. The van der Waals surface area contributed by atoms with Crippen LogP contribution >= 0.6 is 0 Å². The topological polar surface area (TPSA) is 21.3 Å². The second-order valence-electron chi connectivity index (χ2n) is 5.49. The highest BCUT2D eigenvalue weighted by Crippen LogP contribution is 2.28. The van der Waals surface area contributed by atoms with Gasteiger partial charge in [-0.3, -0.25) is 0 Å². The van der Waals surface area contributed by atoms with Crippen molar-refractivity contribution >= 4 is 0 Å². The number of nitrogens with one attached hydrogen (secondary N) is 1. The van der Waals surface area contributed by atoms with Gasteiger partial charge in [0.2, 0.25) is 0 Å². The molecule has 1 aromatic carbocycles. The van der Waals surface area contributed by atoms with Gasteiger partial charge in [-0.15, -0.1) is 0 Å². The number of hydrogen-bond donors (Lipinski definition) is 1. The summed E-state index contributed by atoms with van der Waals surface area (Å²) in [6.45, 7) is 14.8. The minimum Gasteiger partial charge on any atom is -0.376 e. The van der Waals surface area contributed by atoms with Crippen LogP contribution in [0.15, 0.2) is 18.2 Å². The molecule has 0 saturated carbocycles. The Bertz CT molecular complexity index is 387. The molecule has 2 unspecified atom stereocenters. The standard InChI is InChI=1S/C17H29NO/c1-7-18-16(17(12(3)4)19-8-2)15-11-9-10-13(5)14(15)6/h9-12,16-18H,7-8H2,1-6H3. The van der Waals surface area contributed by atoms with E-state index in [1.807, 2.05) is 0 Å². The van der Waals surface area contributed by atoms with Crippen LogP contribution < -0.4 is 5.32 Å². The molecular formula is C17H29NO. The molecule has 2 nitrogen and oxygen atoms in total. The van der Waals surface area contributed by atoms with Crippen molar-refractivity contribution in [3.8, 4) is 0 Å². The van der Waals surface area contributed by atoms with E-state index in [-0.39, 0.29) is 12.1 Å². The lowest BCUT2D eigenvalue weighted by Crippen LogP contribution is -2.37. The normalized spacial score (nSPS) is 14.7. The molecule has 108 valence electrons. The quantitative estimate of drug-likeness (QED) is 0.802. The Morgan fingerprint density at radius 1 is 1.16 bits per heavy atom. The molecule has 0 aliphatic heterocycles. The van der Waals surface area contributed by atoms with Crippen molar-refractivity contribution in [2.24, 2.45) is 5.92 Å². The number of rotatable bonds is 7. The smallest absolute Gasteiger partial charge is 0.0792 e. The minimum atomic E-state index is 0.213. The summed E-state index contributed by atoms with van der Waals surface area (Å²) in [5.41, 5.74) is 4.09. The van der Waals surface area contributed by atoms with E-state index in [4.69, 9.17) is 4.74 Å². The number of hydrogen-bond acceptors (Lipinski definition) is 2. The first-order valence-corrected chi connectivity index (χ1v) is 7.43. The van der Waals surface area contributed by atoms with E-state index >= 15 is 0 Å². The molecule has 2 atom stereocenters. The van der Waals surface area contributed by atoms with Crippen LogP contribution in [0, 0.1) is 19.8 Å². The van der Waals surface area contributed by atoms with Gasteiger partial charge in [0.1, 0.15) is 0 Å². The minimum absolute atomic E-state index is 0.213. The summed E-state index contributed by atoms with van der Waals surface area (Å²) in [5.74, 6) is 0.490. The van der Waals surface area contributed by atoms with Crippen molar-refractivity contribution in [3.63, 3.8) is 0 Å². The van der Waals surface area contributed by atoms with Gasteiger partial charge in [-0.1, -0.05) is 39.0 Å². The number of ether oxygens (including phenoxy) is 1. The fourth-order valence-electron chi connectivity index (χ4n) is 2.60. The summed E-state index contributed by atoms with van der Waals surface area (Å²) in [4.78, 5) is 0. The van der Waals surface area contributed by atoms with Crippen molar-refractivity contribution in [1.29, 1.82) is 0 Å². The Labute approximate surface area is 118 Å². The number of likely N-dealkylation sites (N-methyl/N-ethyl adjacent to an activating group) is 1. The Kier molecular flexibility index (Phi) is 6.53. The van der Waals surface area contributed by atoms with Crippen LogP contribution in [0.2, 0.25) is 0 Å². The van der Waals surface area contributed by atoms with Crippen molar-refractivity contribution in [1.82, 2.24) is 5.32 Å². The SMILES string of the molecule is CCNC(c1cccc(C)c1C)C(OCC)C(C)C. The lowest BCUT2D eigenvalue weighted by Gasteiger charge is -2.32. The van der Waals surface area contributed by atoms with E-state index in [9.17, 15) is 0 Å². The van der Waals surface area contributed by atoms with Crippen molar-refractivity contribution in [2.75, 3.05) is 13.2 Å². The predicted molar refractivity (Wildman–Crippen MR) is 82.6 cm³/mol. The Morgan fingerprint density at radius 3 is 2.37 bits per heavy atom. The fourth-order valence-corrected chi connectivity index (χ4v) is 2.60. The molecule has 0 aliphatic rings. The second kappa shape index (κ2) is 7.66. The molecule has 0 aromatic heterocycles. The van der Waals surface area contributed by atoms with Crippen LogP contribution in [-0.4, -0.2) is 19.3 Å². The molecule has 0 amide bonds. The van der Waals surface area contributed by atoms with Gasteiger partial charge in [-0.25, -0.2) is 0 Å². The summed E-state index contributed by atoms with van der Waals surface area (Å²) in [6.07, 6.45) is 0.213. The summed E-state index contributed by atoms with van der Waals surface area (Å²) in [7, 11) is 0. The third kappa shape index (κ3) is 4.05. The highest BCUT2D eigenvalue weighted by Gasteiger charge is 2.27. The molecule has 0 heterocycles. The van der Waals surface area contributed by atoms with Crippen LogP contribution in [0.25, 0.3) is 0 Å². The number of aryl methyl sites for hydroxylation is 1. The third-order valence-electron chi connectivity index (χ3n) is 3.75. The van der Waals surface area contributed by atoms with Crippen LogP contribution in [0.4, 0.5) is 0 Å². The van der Waals surface area contributed by atoms with Gasteiger partial charge >= 0.3 is 0 Å². The van der Waals surface area contributed by atoms with E-state index in [1.54, 1.807) is 0 Å². The van der Waals surface area contributed by atoms with Gasteiger partial charge in [0, 0.05) is 6.61 Å². The van der Waals surface area contributed by atoms with Crippen molar-refractivity contribution < 1.29 is 4.74 Å². The van der Waals surface area contributed by atoms with Gasteiger partial charge in [-0.05, 0) is 49.9 Å². The van der Waals surface area contributed by atoms with Crippen LogP contribution in [-0.2, 0) is 4.74 Å². The fraction of sp³-hybridized carbons (Fsp3) is 0.647. The summed E-state index contributed by atoms with van der Waals surface area (Å²) >= 11 is 0. The molecule has 1 aromatic rings. The van der Waals surface area contributed by atoms with E-state index in [0.29, 0.717) is 5.92 Å². The summed E-state index contributed by atoms with van der Waals surface area (Å²) < 4.78 is 6.00. The van der Waals surface area contributed by atoms with Gasteiger partial charge in [0.25, 0.3) is 0 Å². The molecule has 0 bridgehead atoms. The van der Waals surface area contributed by atoms with Crippen LogP contribution in [0.5, 0.6) is 0 Å². The molecule has 0 radical (unpaired) electrons. The molecule has 2 heteroatoms. The van der Waals surface area contributed by atoms with Gasteiger partial charge in [0.05, 0.1) is 12.1 Å². The molecule has 0 spiro atoms. The highest BCUT2D eigenvalue weighted by atomic mass is 16.5. The maximum absolute atomic E-state index is 6.00. The Balaban J connectivity index is 3.14. The van der Waals surface area contributed by atoms with Gasteiger partial charge < -0.3 is 10.1 Å². The average Bonchev–Trinajstić information content (AvgIpc) is 2.37. The van der Waals surface area contributed by atoms with Gasteiger partial charge in [-0.2, -0.15) is 0 Å². The molecule has 0 fully saturated rings. The molecule has 0 aliphatic carbocycles. The average molecular weight is 263 g/mol. The van der Waals surface area contributed by atoms with E-state index in [1.165, 1.54) is 16.7 Å². The first kappa shape index (κ1) is 16.2. The lowest BCUT2D eigenvalue weighted by atomic mass is 9.89. The zero-order valence-electron chi connectivity index (χ0n) is 13.3. The van der Waals surface area contributed by atoms with E-state index in [2.05, 4.69) is 65.1 Å². The molecule has 1 N–H and O–H groups in total. The molecule has 0 saturated heterocycles. The molecule has 19 heavy (non-hydrogen) atoms. The van der Waals surface area contributed by atoms with Crippen molar-refractivity contribution in [3.05, 3.63) is 34.9 Å². The second-order valence-corrected chi connectivity index (χ2v) is 5.49. The zero-order valence-corrected chi connectivity index (χ0v) is 13.3. The Morgan fingerprint density at radius 2 is 1.84 bits per heavy atom. The monoisotopic (exact) mass is 263 g/mol. The van der Waals surface area contributed by atoms with Gasteiger partial charge in [0.15, 0.2) is 0 Å². The van der Waals surface area contributed by atoms with Crippen LogP contribution in [0.1, 0.15) is 50.4 Å².